The lowest BCUT2D eigenvalue weighted by atomic mass is 10.0. The Bertz CT molecular complexity index is 864. The molecule has 0 aliphatic rings. The molecule has 3 rings (SSSR count). The zero-order valence-corrected chi connectivity index (χ0v) is 15.7. The van der Waals surface area contributed by atoms with E-state index in [1.807, 2.05) is 57.2 Å². The summed E-state index contributed by atoms with van der Waals surface area (Å²) in [7, 11) is 1.34. The summed E-state index contributed by atoms with van der Waals surface area (Å²) in [5, 5.41) is 0.888. The summed E-state index contributed by atoms with van der Waals surface area (Å²) in [6.45, 7) is 5.83. The van der Waals surface area contributed by atoms with E-state index in [2.05, 4.69) is 25.9 Å². The number of carbonyl (C=O) groups excluding carboxylic acids is 1. The number of hydrogen-bond acceptors (Lipinski definition) is 4. The van der Waals surface area contributed by atoms with E-state index in [0.29, 0.717) is 10.2 Å². The van der Waals surface area contributed by atoms with E-state index in [0.717, 1.165) is 22.0 Å². The van der Waals surface area contributed by atoms with E-state index in [9.17, 15) is 4.79 Å². The molecule has 0 fully saturated rings. The van der Waals surface area contributed by atoms with E-state index in [4.69, 9.17) is 4.74 Å². The van der Waals surface area contributed by atoms with Crippen LogP contribution in [0.15, 0.2) is 47.2 Å². The molecule has 0 aliphatic carbocycles. The number of methoxy groups -OCH3 is 1. The molecule has 0 N–H and O–H groups in total. The third-order valence-electron chi connectivity index (χ3n) is 3.54. The van der Waals surface area contributed by atoms with Gasteiger partial charge in [0.15, 0.2) is 5.69 Å². The molecule has 2 aromatic heterocycles. The number of nitrogens with zero attached hydrogens (tertiary/aromatic N) is 2. The summed E-state index contributed by atoms with van der Waals surface area (Å²) in [5.41, 5.74) is 3.82. The second-order valence-corrected chi connectivity index (χ2v) is 5.57. The van der Waals surface area contributed by atoms with E-state index in [1.165, 1.54) is 7.11 Å². The Hall–Kier alpha value is -2.27. The smallest absolute Gasteiger partial charge is 0.357 e. The van der Waals surface area contributed by atoms with Crippen molar-refractivity contribution in [2.45, 2.75) is 20.8 Å². The average Bonchev–Trinajstić information content (AvgIpc) is 2.65. The van der Waals surface area contributed by atoms with Gasteiger partial charge in [-0.15, -0.1) is 0 Å². The molecule has 4 nitrogen and oxygen atoms in total. The Labute approximate surface area is 150 Å². The number of esters is 1. The molecule has 0 spiro atoms. The number of carbonyl (C=O) groups is 1. The standard InChI is InChI=1S/C17H13BrN2O2.C2H6/c1-10-14-13(16(18)20-15(10)17(21)22-2)12(8-9-19-14)11-6-4-3-5-7-11;1-2/h3-9H,1-2H3;1-2H3. The highest BCUT2D eigenvalue weighted by atomic mass is 79.9. The summed E-state index contributed by atoms with van der Waals surface area (Å²) in [5.74, 6) is -0.466. The van der Waals surface area contributed by atoms with E-state index >= 15 is 0 Å². The van der Waals surface area contributed by atoms with Crippen molar-refractivity contribution >= 4 is 32.8 Å². The molecule has 0 atom stereocenters. The summed E-state index contributed by atoms with van der Waals surface area (Å²) >= 11 is 3.47. The first-order valence-corrected chi connectivity index (χ1v) is 8.51. The van der Waals surface area contributed by atoms with Gasteiger partial charge in [0.2, 0.25) is 0 Å². The predicted molar refractivity (Wildman–Crippen MR) is 100 cm³/mol. The van der Waals surface area contributed by atoms with E-state index in [-0.39, 0.29) is 5.69 Å². The Balaban J connectivity index is 0.00000100. The van der Waals surface area contributed by atoms with Crippen molar-refractivity contribution in [1.29, 1.82) is 0 Å². The number of ether oxygens (including phenoxy) is 1. The molecular formula is C19H19BrN2O2. The number of halogens is 1. The van der Waals surface area contributed by atoms with Crippen LogP contribution in [0.3, 0.4) is 0 Å². The number of pyridine rings is 2. The molecule has 124 valence electrons. The summed E-state index contributed by atoms with van der Waals surface area (Å²) < 4.78 is 5.37. The fourth-order valence-electron chi connectivity index (χ4n) is 2.46. The fraction of sp³-hybridized carbons (Fsp3) is 0.211. The molecule has 0 amide bonds. The summed E-state index contributed by atoms with van der Waals surface area (Å²) in [4.78, 5) is 20.6. The number of fused-ring (bicyclic) bond motifs is 1. The van der Waals surface area contributed by atoms with Gasteiger partial charge in [0.05, 0.1) is 12.6 Å². The van der Waals surface area contributed by atoms with Gasteiger partial charge in [-0.2, -0.15) is 0 Å². The molecule has 3 aromatic rings. The highest BCUT2D eigenvalue weighted by Crippen LogP contribution is 2.34. The SMILES string of the molecule is CC.COC(=O)c1nc(Br)c2c(-c3ccccc3)ccnc2c1C. The van der Waals surface area contributed by atoms with Gasteiger partial charge < -0.3 is 4.74 Å². The van der Waals surface area contributed by atoms with Gasteiger partial charge in [-0.05, 0) is 40.0 Å². The number of rotatable bonds is 2. The number of hydrogen-bond donors (Lipinski definition) is 0. The topological polar surface area (TPSA) is 52.1 Å². The second kappa shape index (κ2) is 8.02. The van der Waals surface area contributed by atoms with Crippen LogP contribution in [0.25, 0.3) is 22.0 Å². The van der Waals surface area contributed by atoms with Crippen LogP contribution in [-0.4, -0.2) is 23.0 Å². The molecule has 2 heterocycles. The van der Waals surface area contributed by atoms with E-state index < -0.39 is 5.97 Å². The minimum absolute atomic E-state index is 0.277. The monoisotopic (exact) mass is 386 g/mol. The normalized spacial score (nSPS) is 10.0. The van der Waals surface area contributed by atoms with Crippen molar-refractivity contribution in [3.63, 3.8) is 0 Å². The quantitative estimate of drug-likeness (QED) is 0.449. The van der Waals surface area contributed by atoms with Crippen molar-refractivity contribution in [2.24, 2.45) is 0 Å². The van der Waals surface area contributed by atoms with Crippen LogP contribution in [0.1, 0.15) is 29.9 Å². The molecule has 0 saturated heterocycles. The molecule has 0 radical (unpaired) electrons. The van der Waals surface area contributed by atoms with Crippen molar-refractivity contribution in [3.8, 4) is 11.1 Å². The molecule has 0 saturated carbocycles. The third-order valence-corrected chi connectivity index (χ3v) is 4.12. The molecule has 24 heavy (non-hydrogen) atoms. The molecular weight excluding hydrogens is 368 g/mol. The lowest BCUT2D eigenvalue weighted by Gasteiger charge is -2.12. The van der Waals surface area contributed by atoms with Gasteiger partial charge in [-0.25, -0.2) is 9.78 Å². The number of aromatic nitrogens is 2. The van der Waals surface area contributed by atoms with Gasteiger partial charge in [0.25, 0.3) is 0 Å². The minimum atomic E-state index is -0.466. The van der Waals surface area contributed by atoms with Crippen molar-refractivity contribution in [3.05, 3.63) is 58.5 Å². The Morgan fingerprint density at radius 1 is 1.12 bits per heavy atom. The van der Waals surface area contributed by atoms with Gasteiger partial charge in [-0.3, -0.25) is 4.98 Å². The first kappa shape index (κ1) is 18.1. The van der Waals surface area contributed by atoms with Crippen LogP contribution in [0, 0.1) is 6.92 Å². The maximum atomic E-state index is 11.9. The molecule has 0 unspecified atom stereocenters. The minimum Gasteiger partial charge on any atom is -0.464 e. The average molecular weight is 387 g/mol. The largest absolute Gasteiger partial charge is 0.464 e. The van der Waals surface area contributed by atoms with Crippen LogP contribution in [0.2, 0.25) is 0 Å². The molecule has 0 bridgehead atoms. The van der Waals surface area contributed by atoms with Crippen molar-refractivity contribution in [2.75, 3.05) is 7.11 Å². The molecule has 0 aliphatic heterocycles. The van der Waals surface area contributed by atoms with Crippen LogP contribution in [-0.2, 0) is 4.74 Å². The lowest BCUT2D eigenvalue weighted by Crippen LogP contribution is -2.08. The molecule has 5 heteroatoms. The summed E-state index contributed by atoms with van der Waals surface area (Å²) in [6.07, 6.45) is 1.74. The fourth-order valence-corrected chi connectivity index (χ4v) is 3.04. The summed E-state index contributed by atoms with van der Waals surface area (Å²) in [6, 6.07) is 12.0. The zero-order chi connectivity index (χ0) is 17.7. The van der Waals surface area contributed by atoms with Gasteiger partial charge >= 0.3 is 5.97 Å². The maximum absolute atomic E-state index is 11.9. The maximum Gasteiger partial charge on any atom is 0.357 e. The zero-order valence-electron chi connectivity index (χ0n) is 14.1. The van der Waals surface area contributed by atoms with Crippen LogP contribution < -0.4 is 0 Å². The Morgan fingerprint density at radius 3 is 2.42 bits per heavy atom. The van der Waals surface area contributed by atoms with E-state index in [1.54, 1.807) is 6.20 Å². The van der Waals surface area contributed by atoms with Gasteiger partial charge in [0.1, 0.15) is 4.60 Å². The molecule has 1 aromatic carbocycles. The van der Waals surface area contributed by atoms with Gasteiger partial charge in [-0.1, -0.05) is 44.2 Å². The first-order valence-electron chi connectivity index (χ1n) is 7.72. The second-order valence-electron chi connectivity index (χ2n) is 4.82. The van der Waals surface area contributed by atoms with Crippen LogP contribution >= 0.6 is 15.9 Å². The lowest BCUT2D eigenvalue weighted by molar-refractivity contribution is 0.0593. The van der Waals surface area contributed by atoms with Crippen LogP contribution in [0.5, 0.6) is 0 Å². The van der Waals surface area contributed by atoms with Crippen molar-refractivity contribution in [1.82, 2.24) is 9.97 Å². The number of benzene rings is 1. The Morgan fingerprint density at radius 2 is 1.79 bits per heavy atom. The number of aryl methyl sites for hydroxylation is 1. The third kappa shape index (κ3) is 3.31. The van der Waals surface area contributed by atoms with Gasteiger partial charge in [0, 0.05) is 17.1 Å². The predicted octanol–water partition coefficient (Wildman–Crippen LogP) is 5.18. The first-order chi connectivity index (χ1) is 11.6. The van der Waals surface area contributed by atoms with Crippen LogP contribution in [0.4, 0.5) is 0 Å². The Kier molecular flexibility index (Phi) is 6.04. The van der Waals surface area contributed by atoms with Crippen molar-refractivity contribution < 1.29 is 9.53 Å². The highest BCUT2D eigenvalue weighted by Gasteiger charge is 2.19. The highest BCUT2D eigenvalue weighted by molar-refractivity contribution is 9.10.